The predicted octanol–water partition coefficient (Wildman–Crippen LogP) is -4.15. The normalized spacial score (nSPS) is 47.4. The monoisotopic (exact) mass is 207 g/mol. The van der Waals surface area contributed by atoms with Crippen molar-refractivity contribution in [3.63, 3.8) is 0 Å². The number of quaternary nitrogens is 1. The summed E-state index contributed by atoms with van der Waals surface area (Å²) in [4.78, 5) is 10.9. The van der Waals surface area contributed by atoms with Crippen LogP contribution in [0.2, 0.25) is 0 Å². The summed E-state index contributed by atoms with van der Waals surface area (Å²) in [5.41, 5.74) is 2.57. The first kappa shape index (κ1) is 10.8. The quantitative estimate of drug-likeness (QED) is 0.408. The third-order valence-corrected chi connectivity index (χ3v) is 3.57. The van der Waals surface area contributed by atoms with Gasteiger partial charge >= 0.3 is 5.97 Å². The maximum absolute atomic E-state index is 10.9. The number of halogens is 1. The van der Waals surface area contributed by atoms with Crippen molar-refractivity contribution >= 4 is 5.97 Å². The molecule has 4 nitrogen and oxygen atoms in total. The Kier molecular flexibility index (Phi) is 2.58. The lowest BCUT2D eigenvalue weighted by Gasteiger charge is -2.30. The highest BCUT2D eigenvalue weighted by atomic mass is 35.5. The van der Waals surface area contributed by atoms with Crippen molar-refractivity contribution in [3.05, 3.63) is 0 Å². The molecule has 5 N–H and O–H groups in total. The van der Waals surface area contributed by atoms with Crippen LogP contribution >= 0.6 is 0 Å². The van der Waals surface area contributed by atoms with Crippen molar-refractivity contribution in [2.75, 3.05) is 0 Å². The van der Waals surface area contributed by atoms with E-state index in [0.717, 1.165) is 19.3 Å². The number of hydrogen-bond donors (Lipinski definition) is 3. The van der Waals surface area contributed by atoms with Gasteiger partial charge < -0.3 is 28.4 Å². The average molecular weight is 208 g/mol. The largest absolute Gasteiger partial charge is 1.00 e. The predicted molar refractivity (Wildman–Crippen MR) is 40.1 cm³/mol. The van der Waals surface area contributed by atoms with Crippen LogP contribution in [0.15, 0.2) is 0 Å². The van der Waals surface area contributed by atoms with Gasteiger partial charge in [0.25, 0.3) is 0 Å². The molecule has 4 atom stereocenters. The Morgan fingerprint density at radius 3 is 2.38 bits per heavy atom. The third-order valence-electron chi connectivity index (χ3n) is 3.57. The maximum atomic E-state index is 10.9. The van der Waals surface area contributed by atoms with Crippen molar-refractivity contribution in [2.24, 2.45) is 11.8 Å². The van der Waals surface area contributed by atoms with Crippen LogP contribution in [0.3, 0.4) is 0 Å². The van der Waals surface area contributed by atoms with Crippen molar-refractivity contribution < 1.29 is 33.1 Å². The molecule has 0 spiro atoms. The van der Waals surface area contributed by atoms with E-state index in [2.05, 4.69) is 5.73 Å². The maximum Gasteiger partial charge on any atom is 0.368 e. The van der Waals surface area contributed by atoms with Crippen LogP contribution in [0.25, 0.3) is 0 Å². The highest BCUT2D eigenvalue weighted by Crippen LogP contribution is 2.48. The van der Waals surface area contributed by atoms with E-state index in [-0.39, 0.29) is 24.2 Å². The molecule has 0 aromatic heterocycles. The molecule has 0 aliphatic heterocycles. The van der Waals surface area contributed by atoms with Crippen LogP contribution in [-0.4, -0.2) is 27.8 Å². The molecule has 5 heteroatoms. The summed E-state index contributed by atoms with van der Waals surface area (Å²) in [5, 5.41) is 18.6. The Morgan fingerprint density at radius 2 is 2.08 bits per heavy atom. The van der Waals surface area contributed by atoms with Gasteiger partial charge in [-0.3, -0.25) is 0 Å². The zero-order valence-electron chi connectivity index (χ0n) is 7.24. The van der Waals surface area contributed by atoms with E-state index >= 15 is 0 Å². The molecule has 13 heavy (non-hydrogen) atoms. The Morgan fingerprint density at radius 1 is 1.46 bits per heavy atom. The molecule has 2 aliphatic carbocycles. The first-order valence-electron chi connectivity index (χ1n) is 4.33. The molecule has 0 heterocycles. The summed E-state index contributed by atoms with van der Waals surface area (Å²) in [6.45, 7) is 0. The van der Waals surface area contributed by atoms with Crippen molar-refractivity contribution in [2.45, 2.75) is 30.9 Å². The van der Waals surface area contributed by atoms with Gasteiger partial charge in [0.1, 0.15) is 6.10 Å². The van der Waals surface area contributed by atoms with E-state index in [1.54, 1.807) is 0 Å². The molecule has 0 amide bonds. The molecule has 2 rings (SSSR count). The van der Waals surface area contributed by atoms with E-state index in [4.69, 9.17) is 5.11 Å². The summed E-state index contributed by atoms with van der Waals surface area (Å²) < 4.78 is 0. The number of rotatable bonds is 1. The van der Waals surface area contributed by atoms with E-state index in [0.29, 0.717) is 0 Å². The van der Waals surface area contributed by atoms with Crippen LogP contribution in [0, 0.1) is 11.8 Å². The van der Waals surface area contributed by atoms with Gasteiger partial charge in [0, 0.05) is 5.92 Å². The lowest BCUT2D eigenvalue weighted by molar-refractivity contribution is -0.490. The number of aliphatic hydroxyl groups excluding tert-OH is 1. The van der Waals surface area contributed by atoms with Gasteiger partial charge in [-0.1, -0.05) is 0 Å². The Bertz CT molecular complexity index is 231. The second-order valence-corrected chi connectivity index (χ2v) is 4.06. The SMILES string of the molecule is [Cl-].[NH3+][C@@]1(C(=O)O)[C@H]2CC[C@H](C2)[C@H]1O. The zero-order valence-corrected chi connectivity index (χ0v) is 8.00. The van der Waals surface area contributed by atoms with E-state index < -0.39 is 17.6 Å². The third kappa shape index (κ3) is 1.16. The molecule has 2 saturated carbocycles. The topological polar surface area (TPSA) is 85.2 Å². The van der Waals surface area contributed by atoms with Crippen LogP contribution < -0.4 is 18.1 Å². The van der Waals surface area contributed by atoms with Crippen LogP contribution in [-0.2, 0) is 4.79 Å². The number of carboxylic acids is 1. The fraction of sp³-hybridized carbons (Fsp3) is 0.875. The minimum absolute atomic E-state index is 0. The van der Waals surface area contributed by atoms with Crippen LogP contribution in [0.1, 0.15) is 19.3 Å². The minimum atomic E-state index is -1.11. The molecule has 0 radical (unpaired) electrons. The molecule has 2 fully saturated rings. The number of fused-ring (bicyclic) bond motifs is 2. The molecule has 0 aromatic rings. The second-order valence-electron chi connectivity index (χ2n) is 4.06. The van der Waals surface area contributed by atoms with E-state index in [1.165, 1.54) is 0 Å². The molecular weight excluding hydrogens is 194 g/mol. The molecule has 0 aromatic carbocycles. The molecule has 0 unspecified atom stereocenters. The average Bonchev–Trinajstić information content (AvgIpc) is 2.55. The number of carbonyl (C=O) groups is 1. The molecule has 0 saturated heterocycles. The van der Waals surface area contributed by atoms with Gasteiger partial charge in [0.15, 0.2) is 0 Å². The van der Waals surface area contributed by atoms with Gasteiger partial charge in [-0.2, -0.15) is 0 Å². The highest BCUT2D eigenvalue weighted by Gasteiger charge is 2.63. The van der Waals surface area contributed by atoms with Gasteiger partial charge in [0.05, 0.1) is 0 Å². The standard InChI is InChI=1S/C8H13NO3.ClH/c9-8(7(11)12)5-2-1-4(3-5)6(8)10;/h4-6,10H,1-3,9H2,(H,11,12);1H/t4-,5+,6-,8+;/m1./s1. The van der Waals surface area contributed by atoms with E-state index in [9.17, 15) is 9.90 Å². The summed E-state index contributed by atoms with van der Waals surface area (Å²) in [6, 6.07) is 0. The fourth-order valence-corrected chi connectivity index (χ4v) is 2.73. The number of aliphatic hydroxyl groups is 1. The van der Waals surface area contributed by atoms with E-state index in [1.807, 2.05) is 0 Å². The first-order valence-corrected chi connectivity index (χ1v) is 4.33. The smallest absolute Gasteiger partial charge is 0.368 e. The van der Waals surface area contributed by atoms with Crippen molar-refractivity contribution in [3.8, 4) is 0 Å². The lowest BCUT2D eigenvalue weighted by Crippen LogP contribution is -3.00. The van der Waals surface area contributed by atoms with Crippen molar-refractivity contribution in [1.82, 2.24) is 0 Å². The van der Waals surface area contributed by atoms with Gasteiger partial charge in [-0.15, -0.1) is 0 Å². The first-order chi connectivity index (χ1) is 5.56. The number of hydrogen-bond acceptors (Lipinski definition) is 2. The van der Waals surface area contributed by atoms with Gasteiger partial charge in [-0.05, 0) is 25.2 Å². The summed E-state index contributed by atoms with van der Waals surface area (Å²) >= 11 is 0. The van der Waals surface area contributed by atoms with Crippen LogP contribution in [0.5, 0.6) is 0 Å². The fourth-order valence-electron chi connectivity index (χ4n) is 2.73. The second kappa shape index (κ2) is 3.12. The Labute approximate surface area is 82.5 Å². The highest BCUT2D eigenvalue weighted by molar-refractivity contribution is 5.79. The summed E-state index contributed by atoms with van der Waals surface area (Å²) in [5.74, 6) is -0.666. The van der Waals surface area contributed by atoms with Gasteiger partial charge in [-0.25, -0.2) is 4.79 Å². The van der Waals surface area contributed by atoms with Crippen molar-refractivity contribution in [1.29, 1.82) is 0 Å². The van der Waals surface area contributed by atoms with Crippen LogP contribution in [0.4, 0.5) is 0 Å². The summed E-state index contributed by atoms with van der Waals surface area (Å²) in [7, 11) is 0. The number of carboxylic acid groups (broad SMARTS) is 1. The Balaban J connectivity index is 0.000000845. The number of aliphatic carboxylic acids is 1. The molecule has 2 bridgehead atoms. The molecular formula is C8H14ClNO3. The zero-order chi connectivity index (χ0) is 8.93. The molecule has 2 aliphatic rings. The lowest BCUT2D eigenvalue weighted by atomic mass is 9.80. The minimum Gasteiger partial charge on any atom is -1.00 e. The van der Waals surface area contributed by atoms with Gasteiger partial charge in [0.2, 0.25) is 5.54 Å². The summed E-state index contributed by atoms with van der Waals surface area (Å²) in [6.07, 6.45) is 2.00. The molecule has 76 valence electrons. The Hall–Kier alpha value is -0.320.